The first-order valence-corrected chi connectivity index (χ1v) is 10.1. The molecule has 1 atom stereocenters. The van der Waals surface area contributed by atoms with Gasteiger partial charge < -0.3 is 19.9 Å². The Morgan fingerprint density at radius 2 is 1.97 bits per heavy atom. The van der Waals surface area contributed by atoms with Crippen molar-refractivity contribution >= 4 is 11.6 Å². The van der Waals surface area contributed by atoms with Gasteiger partial charge in [-0.2, -0.15) is 13.2 Å². The van der Waals surface area contributed by atoms with Gasteiger partial charge in [0.2, 0.25) is 0 Å². The van der Waals surface area contributed by atoms with Gasteiger partial charge in [0.15, 0.2) is 5.96 Å². The topological polar surface area (TPSA) is 43.3 Å². The molecule has 1 unspecified atom stereocenters. The highest BCUT2D eigenvalue weighted by atomic mass is 19.4. The summed E-state index contributed by atoms with van der Waals surface area (Å²) < 4.78 is 43.2. The van der Waals surface area contributed by atoms with Gasteiger partial charge in [0.25, 0.3) is 0 Å². The number of hydrogen-bond donors (Lipinski definition) is 1. The van der Waals surface area contributed by atoms with Gasteiger partial charge in [-0.3, -0.25) is 9.89 Å². The minimum atomic E-state index is -4.15. The van der Waals surface area contributed by atoms with Crippen LogP contribution < -0.4 is 15.0 Å². The molecule has 1 aromatic rings. The molecule has 0 amide bonds. The van der Waals surface area contributed by atoms with Crippen molar-refractivity contribution in [2.45, 2.75) is 25.6 Å². The number of benzene rings is 1. The van der Waals surface area contributed by atoms with E-state index in [0.717, 1.165) is 43.6 Å². The average Bonchev–Trinajstić information content (AvgIpc) is 3.13. The summed E-state index contributed by atoms with van der Waals surface area (Å²) >= 11 is 0. The molecule has 2 fully saturated rings. The van der Waals surface area contributed by atoms with Crippen molar-refractivity contribution < 1.29 is 17.9 Å². The maximum atomic E-state index is 12.6. The van der Waals surface area contributed by atoms with Crippen LogP contribution in [0.3, 0.4) is 0 Å². The van der Waals surface area contributed by atoms with Gasteiger partial charge in [0, 0.05) is 63.6 Å². The van der Waals surface area contributed by atoms with Gasteiger partial charge in [-0.25, -0.2) is 0 Å². The van der Waals surface area contributed by atoms with Gasteiger partial charge in [0.05, 0.1) is 13.7 Å². The molecule has 9 heteroatoms. The minimum Gasteiger partial charge on any atom is -0.497 e. The number of likely N-dealkylation sites (tertiary alicyclic amines) is 1. The number of nitrogens with zero attached hydrogens (tertiary/aromatic N) is 4. The van der Waals surface area contributed by atoms with E-state index >= 15 is 0 Å². The Kier molecular flexibility index (Phi) is 7.10. The van der Waals surface area contributed by atoms with Crippen LogP contribution in [0.1, 0.15) is 13.3 Å². The van der Waals surface area contributed by atoms with Gasteiger partial charge in [-0.1, -0.05) is 6.07 Å². The molecular weight excluding hydrogens is 383 g/mol. The fourth-order valence-electron chi connectivity index (χ4n) is 3.90. The first kappa shape index (κ1) is 21.5. The highest BCUT2D eigenvalue weighted by Crippen LogP contribution is 2.23. The summed E-state index contributed by atoms with van der Waals surface area (Å²) in [6.07, 6.45) is -3.45. The molecule has 6 nitrogen and oxygen atoms in total. The van der Waals surface area contributed by atoms with E-state index in [1.165, 1.54) is 4.90 Å². The Morgan fingerprint density at radius 1 is 1.21 bits per heavy atom. The summed E-state index contributed by atoms with van der Waals surface area (Å²) in [5.74, 6) is 1.64. The normalized spacial score (nSPS) is 21.6. The number of methoxy groups -OCH3 is 1. The summed E-state index contributed by atoms with van der Waals surface area (Å²) in [7, 11) is 1.66. The van der Waals surface area contributed by atoms with Crippen molar-refractivity contribution in [2.24, 2.45) is 4.99 Å². The van der Waals surface area contributed by atoms with Gasteiger partial charge in [0.1, 0.15) is 5.75 Å². The van der Waals surface area contributed by atoms with Crippen LogP contribution in [0.25, 0.3) is 0 Å². The number of aliphatic imine (C=N–C) groups is 1. The van der Waals surface area contributed by atoms with E-state index in [9.17, 15) is 13.2 Å². The standard InChI is InChI=1S/C20H30F3N5O/c1-3-24-19(25-16-7-8-26(14-16)15-20(21,22)23)28-11-9-27(10-12-28)17-5-4-6-18(13-17)29-2/h4-6,13,16H,3,7-12,14-15H2,1-2H3,(H,24,25). The average molecular weight is 413 g/mol. The molecule has 0 radical (unpaired) electrons. The molecule has 0 aromatic heterocycles. The summed E-state index contributed by atoms with van der Waals surface area (Å²) in [6.45, 7) is 5.93. The number of alkyl halides is 3. The van der Waals surface area contributed by atoms with E-state index in [1.54, 1.807) is 7.11 Å². The lowest BCUT2D eigenvalue weighted by Gasteiger charge is -2.38. The smallest absolute Gasteiger partial charge is 0.401 e. The molecule has 2 aliphatic heterocycles. The Balaban J connectivity index is 1.54. The zero-order chi connectivity index (χ0) is 20.9. The quantitative estimate of drug-likeness (QED) is 0.593. The number of anilines is 1. The second-order valence-electron chi connectivity index (χ2n) is 7.45. The van der Waals surface area contributed by atoms with E-state index in [-0.39, 0.29) is 6.04 Å². The van der Waals surface area contributed by atoms with Crippen LogP contribution in [0.2, 0.25) is 0 Å². The van der Waals surface area contributed by atoms with Gasteiger partial charge >= 0.3 is 6.18 Å². The zero-order valence-corrected chi connectivity index (χ0v) is 17.1. The van der Waals surface area contributed by atoms with Crippen molar-refractivity contribution in [3.05, 3.63) is 24.3 Å². The lowest BCUT2D eigenvalue weighted by Crippen LogP contribution is -2.54. The van der Waals surface area contributed by atoms with Crippen molar-refractivity contribution in [3.63, 3.8) is 0 Å². The monoisotopic (exact) mass is 413 g/mol. The third-order valence-corrected chi connectivity index (χ3v) is 5.31. The summed E-state index contributed by atoms with van der Waals surface area (Å²) in [4.78, 5) is 10.6. The summed E-state index contributed by atoms with van der Waals surface area (Å²) in [6, 6.07) is 8.02. The first-order chi connectivity index (χ1) is 13.9. The number of ether oxygens (including phenoxy) is 1. The van der Waals surface area contributed by atoms with E-state index in [2.05, 4.69) is 26.2 Å². The van der Waals surface area contributed by atoms with Crippen molar-refractivity contribution in [3.8, 4) is 5.75 Å². The van der Waals surface area contributed by atoms with Crippen LogP contribution in [0.15, 0.2) is 29.3 Å². The predicted molar refractivity (Wildman–Crippen MR) is 109 cm³/mol. The summed E-state index contributed by atoms with van der Waals surface area (Å²) in [5.41, 5.74) is 1.13. The Bertz CT molecular complexity index is 689. The molecule has 0 aliphatic carbocycles. The van der Waals surface area contributed by atoms with E-state index in [1.807, 2.05) is 25.1 Å². The predicted octanol–water partition coefficient (Wildman–Crippen LogP) is 2.42. The third kappa shape index (κ3) is 6.16. The number of guanidine groups is 1. The van der Waals surface area contributed by atoms with Crippen molar-refractivity contribution in [2.75, 3.05) is 64.4 Å². The van der Waals surface area contributed by atoms with Crippen LogP contribution in [-0.4, -0.2) is 87.4 Å². The number of hydrogen-bond acceptors (Lipinski definition) is 4. The zero-order valence-electron chi connectivity index (χ0n) is 17.1. The molecule has 0 spiro atoms. The molecule has 0 bridgehead atoms. The fraction of sp³-hybridized carbons (Fsp3) is 0.650. The van der Waals surface area contributed by atoms with Crippen LogP contribution in [-0.2, 0) is 0 Å². The van der Waals surface area contributed by atoms with Crippen molar-refractivity contribution in [1.29, 1.82) is 0 Å². The van der Waals surface area contributed by atoms with E-state index in [0.29, 0.717) is 26.1 Å². The maximum absolute atomic E-state index is 12.6. The van der Waals surface area contributed by atoms with Crippen LogP contribution in [0.5, 0.6) is 5.75 Å². The lowest BCUT2D eigenvalue weighted by atomic mass is 10.2. The molecule has 29 heavy (non-hydrogen) atoms. The minimum absolute atomic E-state index is 0.000867. The molecule has 2 saturated heterocycles. The molecule has 2 heterocycles. The van der Waals surface area contributed by atoms with Crippen LogP contribution in [0.4, 0.5) is 18.9 Å². The lowest BCUT2D eigenvalue weighted by molar-refractivity contribution is -0.143. The summed E-state index contributed by atoms with van der Waals surface area (Å²) in [5, 5.41) is 3.40. The molecule has 162 valence electrons. The fourth-order valence-corrected chi connectivity index (χ4v) is 3.90. The highest BCUT2D eigenvalue weighted by molar-refractivity contribution is 5.80. The van der Waals surface area contributed by atoms with Crippen molar-refractivity contribution in [1.82, 2.24) is 15.1 Å². The molecule has 3 rings (SSSR count). The first-order valence-electron chi connectivity index (χ1n) is 10.1. The number of rotatable bonds is 5. The Morgan fingerprint density at radius 3 is 2.62 bits per heavy atom. The van der Waals surface area contributed by atoms with Crippen LogP contribution >= 0.6 is 0 Å². The molecule has 2 aliphatic rings. The molecule has 0 saturated carbocycles. The van der Waals surface area contributed by atoms with Gasteiger partial charge in [-0.15, -0.1) is 0 Å². The largest absolute Gasteiger partial charge is 0.497 e. The Labute approximate surface area is 170 Å². The second-order valence-corrected chi connectivity index (χ2v) is 7.45. The van der Waals surface area contributed by atoms with E-state index in [4.69, 9.17) is 4.74 Å². The maximum Gasteiger partial charge on any atom is 0.401 e. The SMILES string of the molecule is CCN=C(NC1CCN(CC(F)(F)F)C1)N1CCN(c2cccc(OC)c2)CC1. The van der Waals surface area contributed by atoms with Gasteiger partial charge in [-0.05, 0) is 25.5 Å². The molecule has 1 aromatic carbocycles. The molecular formula is C20H30F3N5O. The second kappa shape index (κ2) is 9.56. The highest BCUT2D eigenvalue weighted by Gasteiger charge is 2.35. The number of nitrogens with one attached hydrogen (secondary N) is 1. The van der Waals surface area contributed by atoms with E-state index < -0.39 is 12.7 Å². The Hall–Kier alpha value is -2.16. The third-order valence-electron chi connectivity index (χ3n) is 5.31. The molecule has 1 N–H and O–H groups in total. The van der Waals surface area contributed by atoms with Crippen LogP contribution in [0, 0.1) is 0 Å². The number of piperazine rings is 1. The number of halogens is 3.